The zero-order valence-corrected chi connectivity index (χ0v) is 14.8. The third-order valence-electron chi connectivity index (χ3n) is 4.48. The summed E-state index contributed by atoms with van der Waals surface area (Å²) in [6, 6.07) is 6.47. The highest BCUT2D eigenvalue weighted by Crippen LogP contribution is 2.24. The molecule has 0 saturated carbocycles. The van der Waals surface area contributed by atoms with Crippen molar-refractivity contribution in [3.8, 4) is 6.07 Å². The minimum absolute atomic E-state index is 0.0747. The van der Waals surface area contributed by atoms with E-state index in [4.69, 9.17) is 0 Å². The monoisotopic (exact) mass is 332 g/mol. The van der Waals surface area contributed by atoms with Crippen LogP contribution in [0.2, 0.25) is 0 Å². The maximum Gasteiger partial charge on any atom is 0.240 e. The minimum atomic E-state index is -0.499. The molecule has 1 heterocycles. The summed E-state index contributed by atoms with van der Waals surface area (Å²) in [6.07, 6.45) is 0. The smallest absolute Gasteiger partial charge is 0.240 e. The number of nitriles is 1. The Morgan fingerprint density at radius 3 is 2.38 bits per heavy atom. The van der Waals surface area contributed by atoms with E-state index in [-0.39, 0.29) is 23.4 Å². The van der Waals surface area contributed by atoms with Crippen molar-refractivity contribution in [3.63, 3.8) is 0 Å². The molecule has 130 valence electrons. The third-order valence-corrected chi connectivity index (χ3v) is 4.48. The summed E-state index contributed by atoms with van der Waals surface area (Å²) in [5, 5.41) is 9.18. The van der Waals surface area contributed by atoms with E-state index in [0.29, 0.717) is 31.9 Å². The van der Waals surface area contributed by atoms with Crippen LogP contribution in [0.15, 0.2) is 18.2 Å². The number of anilines is 1. The van der Waals surface area contributed by atoms with Crippen LogP contribution in [0, 0.1) is 23.1 Å². The lowest BCUT2D eigenvalue weighted by Gasteiger charge is -2.39. The van der Waals surface area contributed by atoms with E-state index < -0.39 is 5.82 Å². The van der Waals surface area contributed by atoms with Gasteiger partial charge in [0.25, 0.3) is 0 Å². The Labute approximate surface area is 143 Å². The second kappa shape index (κ2) is 7.63. The molecule has 6 heteroatoms. The SMILES string of the molecule is CC(C)[C@@H](C(=O)N1CCN(c2cccc(F)c2C#N)CC1)N(C)C. The molecule has 1 atom stereocenters. The van der Waals surface area contributed by atoms with Gasteiger partial charge in [0.15, 0.2) is 0 Å². The van der Waals surface area contributed by atoms with Gasteiger partial charge in [0.05, 0.1) is 11.7 Å². The molecule has 0 aliphatic carbocycles. The van der Waals surface area contributed by atoms with Crippen molar-refractivity contribution >= 4 is 11.6 Å². The molecule has 1 aromatic carbocycles. The summed E-state index contributed by atoms with van der Waals surface area (Å²) in [5.74, 6) is -0.130. The highest BCUT2D eigenvalue weighted by Gasteiger charge is 2.31. The Bertz CT molecular complexity index is 622. The predicted octanol–water partition coefficient (Wildman–Crippen LogP) is 1.93. The molecule has 0 unspecified atom stereocenters. The maximum absolute atomic E-state index is 13.8. The maximum atomic E-state index is 13.8. The van der Waals surface area contributed by atoms with Crippen LogP contribution >= 0.6 is 0 Å². The number of hydrogen-bond donors (Lipinski definition) is 0. The highest BCUT2D eigenvalue weighted by molar-refractivity contribution is 5.82. The zero-order valence-electron chi connectivity index (χ0n) is 14.8. The number of benzene rings is 1. The average molecular weight is 332 g/mol. The van der Waals surface area contributed by atoms with Crippen molar-refractivity contribution < 1.29 is 9.18 Å². The van der Waals surface area contributed by atoms with Gasteiger partial charge in [-0.2, -0.15) is 5.26 Å². The molecule has 1 aliphatic heterocycles. The predicted molar refractivity (Wildman–Crippen MR) is 92.2 cm³/mol. The molecule has 1 aromatic rings. The van der Waals surface area contributed by atoms with Crippen LogP contribution in [0.5, 0.6) is 0 Å². The second-order valence-corrected chi connectivity index (χ2v) is 6.71. The van der Waals surface area contributed by atoms with E-state index in [2.05, 4.69) is 0 Å². The first-order valence-corrected chi connectivity index (χ1v) is 8.25. The van der Waals surface area contributed by atoms with Crippen LogP contribution in [-0.2, 0) is 4.79 Å². The number of rotatable bonds is 4. The van der Waals surface area contributed by atoms with Crippen molar-refractivity contribution in [2.75, 3.05) is 45.2 Å². The van der Waals surface area contributed by atoms with Gasteiger partial charge in [-0.3, -0.25) is 9.69 Å². The fourth-order valence-corrected chi connectivity index (χ4v) is 3.34. The van der Waals surface area contributed by atoms with Crippen molar-refractivity contribution in [1.29, 1.82) is 5.26 Å². The molecule has 0 radical (unpaired) electrons. The van der Waals surface area contributed by atoms with Gasteiger partial charge in [-0.15, -0.1) is 0 Å². The van der Waals surface area contributed by atoms with Crippen LogP contribution in [0.3, 0.4) is 0 Å². The van der Waals surface area contributed by atoms with Gasteiger partial charge in [-0.25, -0.2) is 4.39 Å². The molecule has 2 rings (SSSR count). The molecule has 0 spiro atoms. The molecule has 1 aliphatic rings. The van der Waals surface area contributed by atoms with E-state index in [1.54, 1.807) is 12.1 Å². The van der Waals surface area contributed by atoms with Gasteiger partial charge in [0.1, 0.15) is 17.4 Å². The Morgan fingerprint density at radius 2 is 1.88 bits per heavy atom. The van der Waals surface area contributed by atoms with Crippen LogP contribution in [0.4, 0.5) is 10.1 Å². The first kappa shape index (κ1) is 18.2. The number of hydrogen-bond acceptors (Lipinski definition) is 4. The molecule has 0 N–H and O–H groups in total. The van der Waals surface area contributed by atoms with Gasteiger partial charge in [0.2, 0.25) is 5.91 Å². The molecule has 0 aromatic heterocycles. The number of carbonyl (C=O) groups is 1. The molecule has 1 amide bonds. The average Bonchev–Trinajstić information content (AvgIpc) is 2.54. The topological polar surface area (TPSA) is 50.6 Å². The molecular weight excluding hydrogens is 307 g/mol. The first-order chi connectivity index (χ1) is 11.4. The Morgan fingerprint density at radius 1 is 1.25 bits per heavy atom. The summed E-state index contributed by atoms with van der Waals surface area (Å²) >= 11 is 0. The zero-order chi connectivity index (χ0) is 17.9. The molecule has 1 fully saturated rings. The summed E-state index contributed by atoms with van der Waals surface area (Å²) in [4.78, 5) is 18.6. The van der Waals surface area contributed by atoms with E-state index in [1.807, 2.05) is 48.7 Å². The molecule has 5 nitrogen and oxygen atoms in total. The second-order valence-electron chi connectivity index (χ2n) is 6.71. The summed E-state index contributed by atoms with van der Waals surface area (Å²) in [5.41, 5.74) is 0.684. The van der Waals surface area contributed by atoms with Crippen LogP contribution in [-0.4, -0.2) is 62.0 Å². The molecule has 0 bridgehead atoms. The van der Waals surface area contributed by atoms with E-state index in [0.717, 1.165) is 0 Å². The van der Waals surface area contributed by atoms with Crippen molar-refractivity contribution in [2.45, 2.75) is 19.9 Å². The summed E-state index contributed by atoms with van der Waals surface area (Å²) < 4.78 is 13.8. The van der Waals surface area contributed by atoms with Gasteiger partial charge >= 0.3 is 0 Å². The largest absolute Gasteiger partial charge is 0.367 e. The van der Waals surface area contributed by atoms with Crippen LogP contribution < -0.4 is 4.90 Å². The van der Waals surface area contributed by atoms with E-state index in [1.165, 1.54) is 6.07 Å². The van der Waals surface area contributed by atoms with Crippen LogP contribution in [0.25, 0.3) is 0 Å². The van der Waals surface area contributed by atoms with E-state index in [9.17, 15) is 14.4 Å². The van der Waals surface area contributed by atoms with Gasteiger partial charge in [0, 0.05) is 26.2 Å². The van der Waals surface area contributed by atoms with Crippen LogP contribution in [0.1, 0.15) is 19.4 Å². The lowest BCUT2D eigenvalue weighted by Crippen LogP contribution is -2.55. The number of amides is 1. The van der Waals surface area contributed by atoms with Gasteiger partial charge in [-0.1, -0.05) is 19.9 Å². The van der Waals surface area contributed by atoms with Crippen molar-refractivity contribution in [3.05, 3.63) is 29.6 Å². The van der Waals surface area contributed by atoms with Crippen molar-refractivity contribution in [1.82, 2.24) is 9.80 Å². The fraction of sp³-hybridized carbons (Fsp3) is 0.556. The molecule has 1 saturated heterocycles. The molecule has 24 heavy (non-hydrogen) atoms. The quantitative estimate of drug-likeness (QED) is 0.845. The third kappa shape index (κ3) is 3.68. The number of likely N-dealkylation sites (N-methyl/N-ethyl adjacent to an activating group) is 1. The number of halogens is 1. The summed E-state index contributed by atoms with van der Waals surface area (Å²) in [6.45, 7) is 6.45. The number of piperazine rings is 1. The standard InChI is InChI=1S/C18H25FN4O/c1-13(2)17(21(3)4)18(24)23-10-8-22(9-11-23)16-7-5-6-15(19)14(16)12-20/h5-7,13,17H,8-11H2,1-4H3/t17-/m0/s1. The number of nitrogens with zero attached hydrogens (tertiary/aromatic N) is 4. The molecular formula is C18H25FN4O. The van der Waals surface area contributed by atoms with E-state index >= 15 is 0 Å². The Balaban J connectivity index is 2.08. The number of carbonyl (C=O) groups excluding carboxylic acids is 1. The van der Waals surface area contributed by atoms with Gasteiger partial charge < -0.3 is 9.80 Å². The van der Waals surface area contributed by atoms with Crippen molar-refractivity contribution in [2.24, 2.45) is 5.92 Å². The fourth-order valence-electron chi connectivity index (χ4n) is 3.34. The minimum Gasteiger partial charge on any atom is -0.367 e. The first-order valence-electron chi connectivity index (χ1n) is 8.25. The summed E-state index contributed by atoms with van der Waals surface area (Å²) in [7, 11) is 3.84. The Kier molecular flexibility index (Phi) is 5.79. The lowest BCUT2D eigenvalue weighted by atomic mass is 10.0. The lowest BCUT2D eigenvalue weighted by molar-refractivity contribution is -0.137. The normalized spacial score (nSPS) is 16.4. The van der Waals surface area contributed by atoms with Gasteiger partial charge in [-0.05, 0) is 32.1 Å². The Hall–Kier alpha value is -2.13. The highest BCUT2D eigenvalue weighted by atomic mass is 19.1.